The molecule has 0 spiro atoms. The summed E-state index contributed by atoms with van der Waals surface area (Å²) in [6.07, 6.45) is 3.77. The molecular weight excluding hydrogens is 428 g/mol. The van der Waals surface area contributed by atoms with Crippen LogP contribution in [0.3, 0.4) is 0 Å². The molecule has 3 aromatic rings. The number of thiazole rings is 1. The summed E-state index contributed by atoms with van der Waals surface area (Å²) < 4.78 is 0. The maximum Gasteiger partial charge on any atom is 0.253 e. The summed E-state index contributed by atoms with van der Waals surface area (Å²) >= 11 is 1.71. The van der Waals surface area contributed by atoms with E-state index in [0.717, 1.165) is 53.3 Å². The van der Waals surface area contributed by atoms with Crippen LogP contribution in [0.1, 0.15) is 46.8 Å². The fraction of sp³-hybridized carbons (Fsp3) is 0.333. The average Bonchev–Trinajstić information content (AvgIpc) is 3.35. The lowest BCUT2D eigenvalue weighted by Gasteiger charge is -2.29. The van der Waals surface area contributed by atoms with E-state index >= 15 is 0 Å². The quantitative estimate of drug-likeness (QED) is 0.494. The Hall–Kier alpha value is -2.96. The van der Waals surface area contributed by atoms with Crippen LogP contribution < -0.4 is 11.1 Å². The second-order valence-corrected chi connectivity index (χ2v) is 9.34. The molecule has 0 aliphatic carbocycles. The first kappa shape index (κ1) is 23.2. The van der Waals surface area contributed by atoms with Crippen molar-refractivity contribution in [3.63, 3.8) is 0 Å². The van der Waals surface area contributed by atoms with Crippen LogP contribution in [0.2, 0.25) is 0 Å². The summed E-state index contributed by atoms with van der Waals surface area (Å²) in [7, 11) is 0. The summed E-state index contributed by atoms with van der Waals surface area (Å²) in [5, 5.41) is 6.77. The number of nitrogens with zero attached hydrogens (tertiary/aromatic N) is 2. The molecule has 172 valence electrons. The zero-order chi connectivity index (χ0) is 23.2. The third-order valence-electron chi connectivity index (χ3n) is 6.33. The molecule has 2 aromatic carbocycles. The van der Waals surface area contributed by atoms with Gasteiger partial charge in [0.1, 0.15) is 0 Å². The standard InChI is InChI=1S/C27H32N4OS/c1-3-31(4-2)27(32)20-10-8-19(9-11-20)26(21-6-5-7-23(28)16-21)24-12-13-29-18-22(24)17-25-30-14-15-33-25/h5-11,14-16,22,29H,3-4,12-13,17-18,28H2,1-2H3. The van der Waals surface area contributed by atoms with Gasteiger partial charge in [-0.25, -0.2) is 4.98 Å². The van der Waals surface area contributed by atoms with Crippen molar-refractivity contribution in [3.05, 3.63) is 87.4 Å². The van der Waals surface area contributed by atoms with Gasteiger partial charge in [0.05, 0.1) is 5.01 Å². The molecule has 3 N–H and O–H groups in total. The maximum absolute atomic E-state index is 12.8. The van der Waals surface area contributed by atoms with Crippen LogP contribution in [-0.4, -0.2) is 42.0 Å². The van der Waals surface area contributed by atoms with E-state index in [1.165, 1.54) is 11.1 Å². The molecule has 1 unspecified atom stereocenters. The number of piperidine rings is 1. The van der Waals surface area contributed by atoms with Crippen LogP contribution in [0.5, 0.6) is 0 Å². The van der Waals surface area contributed by atoms with Gasteiger partial charge in [0.2, 0.25) is 0 Å². The number of carbonyl (C=O) groups excluding carboxylic acids is 1. The highest BCUT2D eigenvalue weighted by Crippen LogP contribution is 2.36. The molecule has 1 atom stereocenters. The third-order valence-corrected chi connectivity index (χ3v) is 7.13. The molecule has 1 saturated heterocycles. The minimum Gasteiger partial charge on any atom is -0.399 e. The summed E-state index contributed by atoms with van der Waals surface area (Å²) in [6, 6.07) is 16.2. The predicted molar refractivity (Wildman–Crippen MR) is 137 cm³/mol. The van der Waals surface area contributed by atoms with Crippen molar-refractivity contribution < 1.29 is 4.79 Å². The molecule has 2 heterocycles. The molecule has 0 radical (unpaired) electrons. The van der Waals surface area contributed by atoms with Crippen LogP contribution in [0.15, 0.2) is 65.7 Å². The van der Waals surface area contributed by atoms with Crippen molar-refractivity contribution in [1.82, 2.24) is 15.2 Å². The Morgan fingerprint density at radius 1 is 1.12 bits per heavy atom. The first-order valence-corrected chi connectivity index (χ1v) is 12.6. The highest BCUT2D eigenvalue weighted by Gasteiger charge is 2.25. The van der Waals surface area contributed by atoms with E-state index in [1.807, 2.05) is 54.6 Å². The molecular formula is C27H32N4OS. The number of benzene rings is 2. The molecule has 1 aromatic heterocycles. The molecule has 0 bridgehead atoms. The normalized spacial score (nSPS) is 17.6. The van der Waals surface area contributed by atoms with E-state index in [2.05, 4.69) is 34.6 Å². The second kappa shape index (κ2) is 10.8. The molecule has 33 heavy (non-hydrogen) atoms. The van der Waals surface area contributed by atoms with Gasteiger partial charge in [-0.2, -0.15) is 0 Å². The molecule has 4 rings (SSSR count). The Morgan fingerprint density at radius 3 is 2.55 bits per heavy atom. The van der Waals surface area contributed by atoms with E-state index in [0.29, 0.717) is 19.0 Å². The van der Waals surface area contributed by atoms with E-state index in [-0.39, 0.29) is 5.91 Å². The third kappa shape index (κ3) is 5.34. The van der Waals surface area contributed by atoms with Gasteiger partial charge in [0.25, 0.3) is 5.91 Å². The van der Waals surface area contributed by atoms with Gasteiger partial charge >= 0.3 is 0 Å². The monoisotopic (exact) mass is 460 g/mol. The number of nitrogens with two attached hydrogens (primary N) is 1. The second-order valence-electron chi connectivity index (χ2n) is 8.36. The molecule has 1 fully saturated rings. The Bertz CT molecular complexity index is 1100. The van der Waals surface area contributed by atoms with Gasteiger partial charge in [0, 0.05) is 48.9 Å². The van der Waals surface area contributed by atoms with Crippen LogP contribution in [-0.2, 0) is 6.42 Å². The zero-order valence-corrected chi connectivity index (χ0v) is 20.2. The van der Waals surface area contributed by atoms with Crippen LogP contribution in [0.4, 0.5) is 5.69 Å². The van der Waals surface area contributed by atoms with Crippen molar-refractivity contribution in [1.29, 1.82) is 0 Å². The van der Waals surface area contributed by atoms with Gasteiger partial charge in [-0.1, -0.05) is 29.8 Å². The molecule has 6 heteroatoms. The lowest BCUT2D eigenvalue weighted by molar-refractivity contribution is 0.0773. The Morgan fingerprint density at radius 2 is 1.88 bits per heavy atom. The Labute approximate surface area is 200 Å². The van der Waals surface area contributed by atoms with Gasteiger partial charge in [-0.05, 0) is 73.7 Å². The summed E-state index contributed by atoms with van der Waals surface area (Å²) in [6.45, 7) is 7.32. The van der Waals surface area contributed by atoms with Crippen LogP contribution >= 0.6 is 11.3 Å². The SMILES string of the molecule is CCN(CC)C(=O)c1ccc(C(=C2CCNCC2Cc2nccs2)c2cccc(N)c2)cc1. The van der Waals surface area contributed by atoms with Gasteiger partial charge in [-0.15, -0.1) is 11.3 Å². The molecule has 1 aliphatic rings. The van der Waals surface area contributed by atoms with Crippen molar-refractivity contribution >= 4 is 28.5 Å². The Balaban J connectivity index is 1.77. The van der Waals surface area contributed by atoms with Gasteiger partial charge in [0.15, 0.2) is 0 Å². The van der Waals surface area contributed by atoms with Gasteiger partial charge in [-0.3, -0.25) is 4.79 Å². The van der Waals surface area contributed by atoms with E-state index in [9.17, 15) is 4.79 Å². The minimum atomic E-state index is 0.0771. The zero-order valence-electron chi connectivity index (χ0n) is 19.4. The first-order valence-electron chi connectivity index (χ1n) is 11.7. The maximum atomic E-state index is 12.8. The number of hydrogen-bond acceptors (Lipinski definition) is 5. The summed E-state index contributed by atoms with van der Waals surface area (Å²) in [5.41, 5.74) is 12.6. The number of aromatic nitrogens is 1. The number of carbonyl (C=O) groups is 1. The average molecular weight is 461 g/mol. The number of amides is 1. The highest BCUT2D eigenvalue weighted by atomic mass is 32.1. The molecule has 5 nitrogen and oxygen atoms in total. The molecule has 0 saturated carbocycles. The largest absolute Gasteiger partial charge is 0.399 e. The summed E-state index contributed by atoms with van der Waals surface area (Å²) in [4.78, 5) is 19.2. The summed E-state index contributed by atoms with van der Waals surface area (Å²) in [5.74, 6) is 0.437. The fourth-order valence-electron chi connectivity index (χ4n) is 4.62. The number of rotatable bonds is 7. The number of nitrogens with one attached hydrogen (secondary N) is 1. The minimum absolute atomic E-state index is 0.0771. The first-order chi connectivity index (χ1) is 16.1. The van der Waals surface area contributed by atoms with Crippen LogP contribution in [0, 0.1) is 5.92 Å². The lowest BCUT2D eigenvalue weighted by Crippen LogP contribution is -2.33. The van der Waals surface area contributed by atoms with E-state index in [1.54, 1.807) is 11.3 Å². The highest BCUT2D eigenvalue weighted by molar-refractivity contribution is 7.09. The van der Waals surface area contributed by atoms with Gasteiger partial charge < -0.3 is 16.0 Å². The lowest BCUT2D eigenvalue weighted by atomic mass is 9.81. The fourth-order valence-corrected chi connectivity index (χ4v) is 5.32. The number of hydrogen-bond donors (Lipinski definition) is 2. The van der Waals surface area contributed by atoms with Crippen molar-refractivity contribution in [3.8, 4) is 0 Å². The number of anilines is 1. The van der Waals surface area contributed by atoms with Crippen LogP contribution in [0.25, 0.3) is 5.57 Å². The Kier molecular flexibility index (Phi) is 7.57. The predicted octanol–water partition coefficient (Wildman–Crippen LogP) is 4.86. The molecule has 1 aliphatic heterocycles. The van der Waals surface area contributed by atoms with Crippen molar-refractivity contribution in [2.75, 3.05) is 31.9 Å². The van der Waals surface area contributed by atoms with E-state index < -0.39 is 0 Å². The molecule has 1 amide bonds. The van der Waals surface area contributed by atoms with Crippen molar-refractivity contribution in [2.24, 2.45) is 5.92 Å². The topological polar surface area (TPSA) is 71.2 Å². The van der Waals surface area contributed by atoms with E-state index in [4.69, 9.17) is 5.73 Å². The van der Waals surface area contributed by atoms with Crippen molar-refractivity contribution in [2.45, 2.75) is 26.7 Å². The number of nitrogen functional groups attached to an aromatic ring is 1. The smallest absolute Gasteiger partial charge is 0.253 e.